The average Bonchev–Trinajstić information content (AvgIpc) is 2.95. The maximum absolute atomic E-state index is 10.4. The number of pyridine rings is 1. The molecule has 1 unspecified atom stereocenters. The van der Waals surface area contributed by atoms with Crippen molar-refractivity contribution >= 4 is 11.8 Å². The van der Waals surface area contributed by atoms with Gasteiger partial charge in [0, 0.05) is 37.3 Å². The normalized spacial score (nSPS) is 28.0. The molecule has 1 atom stereocenters. The molecular weight excluding hydrogens is 282 g/mol. The Morgan fingerprint density at radius 1 is 1.33 bits per heavy atom. The third kappa shape index (κ3) is 4.42. The van der Waals surface area contributed by atoms with Gasteiger partial charge in [-0.25, -0.2) is 0 Å². The van der Waals surface area contributed by atoms with Crippen LogP contribution in [0.25, 0.3) is 0 Å². The smallest absolute Gasteiger partial charge is 0.0869 e. The van der Waals surface area contributed by atoms with Crippen molar-refractivity contribution in [1.82, 2.24) is 15.2 Å². The minimum absolute atomic E-state index is 0.459. The van der Waals surface area contributed by atoms with Crippen molar-refractivity contribution in [2.45, 2.75) is 37.5 Å². The van der Waals surface area contributed by atoms with Crippen LogP contribution in [0.1, 0.15) is 24.8 Å². The van der Waals surface area contributed by atoms with Crippen LogP contribution in [0.4, 0.5) is 0 Å². The molecular formula is C16H25N3OS. The van der Waals surface area contributed by atoms with E-state index in [9.17, 15) is 5.11 Å². The summed E-state index contributed by atoms with van der Waals surface area (Å²) in [6, 6.07) is 4.75. The SMILES string of the molecule is OC1(CNC2CCN(Cc3ccncc3)CC2)CCSC1. The van der Waals surface area contributed by atoms with Crippen molar-refractivity contribution in [2.75, 3.05) is 31.1 Å². The van der Waals surface area contributed by atoms with Gasteiger partial charge < -0.3 is 10.4 Å². The van der Waals surface area contributed by atoms with Crippen LogP contribution < -0.4 is 5.32 Å². The zero-order valence-corrected chi connectivity index (χ0v) is 13.3. The van der Waals surface area contributed by atoms with E-state index in [1.165, 1.54) is 18.4 Å². The molecule has 1 aromatic heterocycles. The first-order chi connectivity index (χ1) is 10.2. The fourth-order valence-electron chi connectivity index (χ4n) is 3.11. The van der Waals surface area contributed by atoms with Gasteiger partial charge >= 0.3 is 0 Å². The van der Waals surface area contributed by atoms with E-state index in [1.54, 1.807) is 0 Å². The number of nitrogens with zero attached hydrogens (tertiary/aromatic N) is 2. The molecule has 116 valence electrons. The molecule has 0 bridgehead atoms. The summed E-state index contributed by atoms with van der Waals surface area (Å²) in [5.74, 6) is 1.99. The summed E-state index contributed by atoms with van der Waals surface area (Å²) in [5.41, 5.74) is 0.882. The Morgan fingerprint density at radius 2 is 2.10 bits per heavy atom. The Morgan fingerprint density at radius 3 is 2.76 bits per heavy atom. The monoisotopic (exact) mass is 307 g/mol. The summed E-state index contributed by atoms with van der Waals surface area (Å²) in [7, 11) is 0. The topological polar surface area (TPSA) is 48.4 Å². The molecule has 2 aliphatic rings. The lowest BCUT2D eigenvalue weighted by atomic mass is 10.0. The summed E-state index contributed by atoms with van der Waals surface area (Å²) in [4.78, 5) is 6.57. The molecule has 2 saturated heterocycles. The zero-order valence-electron chi connectivity index (χ0n) is 12.5. The van der Waals surface area contributed by atoms with Crippen molar-refractivity contribution in [2.24, 2.45) is 0 Å². The molecule has 0 radical (unpaired) electrons. The fourth-order valence-corrected chi connectivity index (χ4v) is 4.41. The maximum Gasteiger partial charge on any atom is 0.0869 e. The Kier molecular flexibility index (Phi) is 5.16. The number of likely N-dealkylation sites (tertiary alicyclic amines) is 1. The van der Waals surface area contributed by atoms with Gasteiger partial charge in [0.05, 0.1) is 5.60 Å². The third-order valence-corrected chi connectivity index (χ3v) is 5.78. The van der Waals surface area contributed by atoms with Crippen LogP contribution >= 0.6 is 11.8 Å². The van der Waals surface area contributed by atoms with E-state index in [1.807, 2.05) is 24.2 Å². The minimum Gasteiger partial charge on any atom is -0.388 e. The molecule has 1 aromatic rings. The van der Waals surface area contributed by atoms with Gasteiger partial charge in [0.25, 0.3) is 0 Å². The number of aromatic nitrogens is 1. The van der Waals surface area contributed by atoms with Gasteiger partial charge in [0.1, 0.15) is 0 Å². The van der Waals surface area contributed by atoms with Crippen molar-refractivity contribution in [3.8, 4) is 0 Å². The third-order valence-electron chi connectivity index (χ3n) is 4.55. The highest BCUT2D eigenvalue weighted by atomic mass is 32.2. The van der Waals surface area contributed by atoms with Crippen molar-refractivity contribution in [3.63, 3.8) is 0 Å². The summed E-state index contributed by atoms with van der Waals surface area (Å²) >= 11 is 1.87. The molecule has 5 heteroatoms. The average molecular weight is 307 g/mol. The summed E-state index contributed by atoms with van der Waals surface area (Å²) in [5, 5.41) is 14.0. The lowest BCUT2D eigenvalue weighted by Crippen LogP contribution is -2.48. The van der Waals surface area contributed by atoms with Gasteiger partial charge in [0.2, 0.25) is 0 Å². The van der Waals surface area contributed by atoms with E-state index in [0.29, 0.717) is 6.04 Å². The second-order valence-electron chi connectivity index (χ2n) is 6.31. The van der Waals surface area contributed by atoms with E-state index >= 15 is 0 Å². The number of thioether (sulfide) groups is 1. The highest BCUT2D eigenvalue weighted by molar-refractivity contribution is 7.99. The first-order valence-corrected chi connectivity index (χ1v) is 9.04. The Labute approximate surface area is 131 Å². The summed E-state index contributed by atoms with van der Waals surface area (Å²) in [6.45, 7) is 4.05. The molecule has 0 spiro atoms. The van der Waals surface area contributed by atoms with Crippen LogP contribution in [0.5, 0.6) is 0 Å². The molecule has 2 fully saturated rings. The van der Waals surface area contributed by atoms with Crippen LogP contribution in [0.15, 0.2) is 24.5 Å². The van der Waals surface area contributed by atoms with Crippen LogP contribution in [0.3, 0.4) is 0 Å². The largest absolute Gasteiger partial charge is 0.388 e. The van der Waals surface area contributed by atoms with Gasteiger partial charge in [-0.1, -0.05) is 0 Å². The Balaban J connectivity index is 1.39. The van der Waals surface area contributed by atoms with Crippen LogP contribution in [-0.4, -0.2) is 57.8 Å². The van der Waals surface area contributed by atoms with Gasteiger partial charge in [-0.2, -0.15) is 11.8 Å². The van der Waals surface area contributed by atoms with Gasteiger partial charge in [-0.3, -0.25) is 9.88 Å². The van der Waals surface area contributed by atoms with Crippen LogP contribution in [-0.2, 0) is 6.54 Å². The van der Waals surface area contributed by atoms with Crippen LogP contribution in [0, 0.1) is 0 Å². The minimum atomic E-state index is -0.459. The Bertz CT molecular complexity index is 428. The predicted molar refractivity (Wildman–Crippen MR) is 87.4 cm³/mol. The molecule has 0 saturated carbocycles. The molecule has 21 heavy (non-hydrogen) atoms. The standard InChI is InChI=1S/C16H25N3OS/c20-16(5-10-21-13-16)12-18-15-3-8-19(9-4-15)11-14-1-6-17-7-2-14/h1-2,6-7,15,18,20H,3-5,8-13H2. The number of nitrogens with one attached hydrogen (secondary N) is 1. The highest BCUT2D eigenvalue weighted by Crippen LogP contribution is 2.27. The van der Waals surface area contributed by atoms with E-state index in [-0.39, 0.29) is 0 Å². The number of rotatable bonds is 5. The van der Waals surface area contributed by atoms with Gasteiger partial charge in [0.15, 0.2) is 0 Å². The molecule has 2 aliphatic heterocycles. The maximum atomic E-state index is 10.4. The van der Waals surface area contributed by atoms with E-state index in [2.05, 4.69) is 27.3 Å². The van der Waals surface area contributed by atoms with Gasteiger partial charge in [-0.05, 0) is 55.8 Å². The molecule has 0 aromatic carbocycles. The number of aliphatic hydroxyl groups is 1. The van der Waals surface area contributed by atoms with Gasteiger partial charge in [-0.15, -0.1) is 0 Å². The molecule has 2 N–H and O–H groups in total. The molecule has 4 nitrogen and oxygen atoms in total. The van der Waals surface area contributed by atoms with Crippen molar-refractivity contribution in [1.29, 1.82) is 0 Å². The summed E-state index contributed by atoms with van der Waals surface area (Å²) in [6.07, 6.45) is 7.02. The summed E-state index contributed by atoms with van der Waals surface area (Å²) < 4.78 is 0. The zero-order chi connectivity index (χ0) is 14.5. The first-order valence-electron chi connectivity index (χ1n) is 7.88. The van der Waals surface area contributed by atoms with E-state index in [0.717, 1.165) is 44.1 Å². The quantitative estimate of drug-likeness (QED) is 0.863. The molecule has 3 rings (SSSR count). The van der Waals surface area contributed by atoms with Crippen molar-refractivity contribution < 1.29 is 5.11 Å². The van der Waals surface area contributed by atoms with Crippen molar-refractivity contribution in [3.05, 3.63) is 30.1 Å². The highest BCUT2D eigenvalue weighted by Gasteiger charge is 2.32. The molecule has 0 amide bonds. The molecule has 3 heterocycles. The predicted octanol–water partition coefficient (Wildman–Crippen LogP) is 1.50. The fraction of sp³-hybridized carbons (Fsp3) is 0.688. The van der Waals surface area contributed by atoms with Crippen LogP contribution in [0.2, 0.25) is 0 Å². The second kappa shape index (κ2) is 7.09. The Hall–Kier alpha value is -0.620. The number of hydrogen-bond donors (Lipinski definition) is 2. The lowest BCUT2D eigenvalue weighted by molar-refractivity contribution is 0.0603. The number of piperidine rings is 1. The molecule has 0 aliphatic carbocycles. The number of hydrogen-bond acceptors (Lipinski definition) is 5. The van der Waals surface area contributed by atoms with E-state index < -0.39 is 5.60 Å². The second-order valence-corrected chi connectivity index (χ2v) is 7.42. The first kappa shape index (κ1) is 15.3. The van der Waals surface area contributed by atoms with E-state index in [4.69, 9.17) is 0 Å². The lowest BCUT2D eigenvalue weighted by Gasteiger charge is -2.34.